The van der Waals surface area contributed by atoms with E-state index >= 15 is 0 Å². The highest BCUT2D eigenvalue weighted by Crippen LogP contribution is 2.33. The Bertz CT molecular complexity index is 550. The van der Waals surface area contributed by atoms with Crippen molar-refractivity contribution < 1.29 is 24.1 Å². The van der Waals surface area contributed by atoms with Gasteiger partial charge >= 0.3 is 5.97 Å². The minimum Gasteiger partial charge on any atom is -0.487 e. The molecule has 0 spiro atoms. The van der Waals surface area contributed by atoms with Crippen molar-refractivity contribution in [3.8, 4) is 11.5 Å². The zero-order valence-electron chi connectivity index (χ0n) is 13.5. The van der Waals surface area contributed by atoms with Crippen molar-refractivity contribution >= 4 is 12.0 Å². The molecule has 0 atom stereocenters. The van der Waals surface area contributed by atoms with Crippen LogP contribution in [0.4, 0.5) is 0 Å². The van der Waals surface area contributed by atoms with Gasteiger partial charge < -0.3 is 19.3 Å². The van der Waals surface area contributed by atoms with Gasteiger partial charge in [-0.25, -0.2) is 4.79 Å². The Morgan fingerprint density at radius 2 is 1.91 bits per heavy atom. The first-order valence-electron chi connectivity index (χ1n) is 8.18. The number of aliphatic carboxylic acids is 1. The van der Waals surface area contributed by atoms with Gasteiger partial charge in [0, 0.05) is 0 Å². The van der Waals surface area contributed by atoms with Gasteiger partial charge in [-0.1, -0.05) is 45.1 Å². The predicted molar refractivity (Wildman–Crippen MR) is 87.5 cm³/mol. The highest BCUT2D eigenvalue weighted by Gasteiger charge is 2.14. The molecule has 5 nitrogen and oxygen atoms in total. The van der Waals surface area contributed by atoms with Gasteiger partial charge in [-0.3, -0.25) is 0 Å². The van der Waals surface area contributed by atoms with Crippen molar-refractivity contribution in [3.05, 3.63) is 29.5 Å². The van der Waals surface area contributed by atoms with E-state index in [4.69, 9.17) is 14.2 Å². The highest BCUT2D eigenvalue weighted by atomic mass is 16.7. The maximum Gasteiger partial charge on any atom is 0.371 e. The molecule has 0 aromatic heterocycles. The van der Waals surface area contributed by atoms with Gasteiger partial charge in [0.2, 0.25) is 12.6 Å². The molecule has 1 heterocycles. The number of hydrogen-bond donors (Lipinski definition) is 1. The molecule has 0 fully saturated rings. The average Bonchev–Trinajstić information content (AvgIpc) is 3.00. The van der Waals surface area contributed by atoms with Crippen LogP contribution in [-0.2, 0) is 9.53 Å². The molecule has 1 N–H and O–H groups in total. The third kappa shape index (κ3) is 5.51. The van der Waals surface area contributed by atoms with Gasteiger partial charge in [0.15, 0.2) is 11.5 Å². The minimum atomic E-state index is -1.06. The number of ether oxygens (including phenoxy) is 3. The third-order valence-electron chi connectivity index (χ3n) is 3.66. The molecule has 0 bridgehead atoms. The summed E-state index contributed by atoms with van der Waals surface area (Å²) in [6.07, 6.45) is 8.33. The molecule has 0 saturated heterocycles. The monoisotopic (exact) mass is 320 g/mol. The van der Waals surface area contributed by atoms with Gasteiger partial charge in [-0.2, -0.15) is 0 Å². The van der Waals surface area contributed by atoms with E-state index in [1.807, 2.05) is 0 Å². The Balaban J connectivity index is 1.84. The SMILES string of the molecule is CCCCCCCCOC(=Cc1ccc2c(c1)OCO2)C(=O)O. The van der Waals surface area contributed by atoms with Crippen LogP contribution in [0.3, 0.4) is 0 Å². The predicted octanol–water partition coefficient (Wildman–Crippen LogP) is 4.22. The van der Waals surface area contributed by atoms with Gasteiger partial charge in [-0.15, -0.1) is 0 Å². The van der Waals surface area contributed by atoms with E-state index in [0.717, 1.165) is 18.4 Å². The normalized spacial score (nSPS) is 13.2. The molecule has 0 saturated carbocycles. The molecule has 1 aliphatic rings. The fourth-order valence-corrected chi connectivity index (χ4v) is 2.38. The lowest BCUT2D eigenvalue weighted by Crippen LogP contribution is -2.06. The number of carboxylic acid groups (broad SMARTS) is 1. The second-order valence-electron chi connectivity index (χ2n) is 5.54. The zero-order valence-corrected chi connectivity index (χ0v) is 13.5. The maximum absolute atomic E-state index is 11.3. The standard InChI is InChI=1S/C18H24O5/c1-2-3-4-5-6-7-10-21-17(18(19)20)12-14-8-9-15-16(11-14)23-13-22-15/h8-9,11-12H,2-7,10,13H2,1H3,(H,19,20). The van der Waals surface area contributed by atoms with Gasteiger partial charge in [0.05, 0.1) is 6.61 Å². The van der Waals surface area contributed by atoms with Crippen LogP contribution in [0.1, 0.15) is 51.0 Å². The molecule has 0 aliphatic carbocycles. The molecule has 0 radical (unpaired) electrons. The summed E-state index contributed by atoms with van der Waals surface area (Å²) in [7, 11) is 0. The maximum atomic E-state index is 11.3. The van der Waals surface area contributed by atoms with Crippen molar-refractivity contribution in [2.45, 2.75) is 45.4 Å². The van der Waals surface area contributed by atoms with E-state index < -0.39 is 5.97 Å². The number of benzene rings is 1. The number of carbonyl (C=O) groups is 1. The Kier molecular flexibility index (Phi) is 6.78. The molecule has 126 valence electrons. The van der Waals surface area contributed by atoms with E-state index in [-0.39, 0.29) is 12.6 Å². The topological polar surface area (TPSA) is 65.0 Å². The molecule has 23 heavy (non-hydrogen) atoms. The summed E-state index contributed by atoms with van der Waals surface area (Å²) in [6, 6.07) is 5.30. The van der Waals surface area contributed by atoms with Gasteiger partial charge in [0.25, 0.3) is 0 Å². The lowest BCUT2D eigenvalue weighted by Gasteiger charge is -2.07. The number of hydrogen-bond acceptors (Lipinski definition) is 4. The van der Waals surface area contributed by atoms with Crippen LogP contribution in [-0.4, -0.2) is 24.5 Å². The van der Waals surface area contributed by atoms with E-state index in [2.05, 4.69) is 6.92 Å². The van der Waals surface area contributed by atoms with E-state index in [1.165, 1.54) is 31.8 Å². The first-order valence-corrected chi connectivity index (χ1v) is 8.18. The molecule has 0 amide bonds. The summed E-state index contributed by atoms with van der Waals surface area (Å²) in [5, 5.41) is 9.25. The van der Waals surface area contributed by atoms with Crippen molar-refractivity contribution in [1.29, 1.82) is 0 Å². The smallest absolute Gasteiger partial charge is 0.371 e. The van der Waals surface area contributed by atoms with Crippen LogP contribution in [0.5, 0.6) is 11.5 Å². The molecule has 2 rings (SSSR count). The highest BCUT2D eigenvalue weighted by molar-refractivity contribution is 5.90. The first-order chi connectivity index (χ1) is 11.2. The van der Waals surface area contributed by atoms with Crippen LogP contribution in [0, 0.1) is 0 Å². The third-order valence-corrected chi connectivity index (χ3v) is 3.66. The summed E-state index contributed by atoms with van der Waals surface area (Å²) in [5.41, 5.74) is 0.717. The van der Waals surface area contributed by atoms with Crippen LogP contribution in [0.2, 0.25) is 0 Å². The molecular formula is C18H24O5. The van der Waals surface area contributed by atoms with Gasteiger partial charge in [0.1, 0.15) is 0 Å². The quantitative estimate of drug-likeness (QED) is 0.397. The first kappa shape index (κ1) is 17.2. The van der Waals surface area contributed by atoms with Crippen LogP contribution < -0.4 is 9.47 Å². The minimum absolute atomic E-state index is 0.0441. The summed E-state index contributed by atoms with van der Waals surface area (Å²) in [5.74, 6) is 0.192. The van der Waals surface area contributed by atoms with Gasteiger partial charge in [-0.05, 0) is 30.2 Å². The lowest BCUT2D eigenvalue weighted by atomic mass is 10.1. The van der Waals surface area contributed by atoms with E-state index in [9.17, 15) is 9.90 Å². The molecular weight excluding hydrogens is 296 g/mol. The molecule has 1 aromatic carbocycles. The average molecular weight is 320 g/mol. The summed E-state index contributed by atoms with van der Waals surface area (Å²) in [4.78, 5) is 11.3. The largest absolute Gasteiger partial charge is 0.487 e. The fraction of sp³-hybridized carbons (Fsp3) is 0.500. The molecule has 1 aromatic rings. The number of carboxylic acids is 1. The Hall–Kier alpha value is -2.17. The van der Waals surface area contributed by atoms with E-state index in [0.29, 0.717) is 18.1 Å². The van der Waals surface area contributed by atoms with Crippen LogP contribution in [0.25, 0.3) is 6.08 Å². The Morgan fingerprint density at radius 3 is 2.70 bits per heavy atom. The van der Waals surface area contributed by atoms with Crippen LogP contribution in [0.15, 0.2) is 24.0 Å². The van der Waals surface area contributed by atoms with Crippen molar-refractivity contribution in [1.82, 2.24) is 0 Å². The molecule has 5 heteroatoms. The molecule has 1 aliphatic heterocycles. The second-order valence-corrected chi connectivity index (χ2v) is 5.54. The second kappa shape index (κ2) is 9.08. The lowest BCUT2D eigenvalue weighted by molar-refractivity contribution is -0.136. The van der Waals surface area contributed by atoms with Crippen molar-refractivity contribution in [3.63, 3.8) is 0 Å². The van der Waals surface area contributed by atoms with Crippen LogP contribution >= 0.6 is 0 Å². The molecule has 0 unspecified atom stereocenters. The Morgan fingerprint density at radius 1 is 1.17 bits per heavy atom. The van der Waals surface area contributed by atoms with Crippen molar-refractivity contribution in [2.75, 3.05) is 13.4 Å². The van der Waals surface area contributed by atoms with Crippen molar-refractivity contribution in [2.24, 2.45) is 0 Å². The number of unbranched alkanes of at least 4 members (excludes halogenated alkanes) is 5. The zero-order chi connectivity index (χ0) is 16.5. The number of fused-ring (bicyclic) bond motifs is 1. The number of rotatable bonds is 10. The summed E-state index contributed by atoms with van der Waals surface area (Å²) < 4.78 is 15.9. The van der Waals surface area contributed by atoms with E-state index in [1.54, 1.807) is 18.2 Å². The fourth-order valence-electron chi connectivity index (χ4n) is 2.38. The summed E-state index contributed by atoms with van der Waals surface area (Å²) in [6.45, 7) is 2.81. The Labute approximate surface area is 136 Å². The summed E-state index contributed by atoms with van der Waals surface area (Å²) >= 11 is 0.